The van der Waals surface area contributed by atoms with Crippen LogP contribution in [0.1, 0.15) is 35.2 Å². The van der Waals surface area contributed by atoms with E-state index in [2.05, 4.69) is 9.97 Å². The van der Waals surface area contributed by atoms with Crippen molar-refractivity contribution in [1.29, 1.82) is 0 Å². The van der Waals surface area contributed by atoms with E-state index in [-0.39, 0.29) is 17.8 Å². The minimum Gasteiger partial charge on any atom is -0.458 e. The van der Waals surface area contributed by atoms with Gasteiger partial charge in [0.05, 0.1) is 12.0 Å². The minimum atomic E-state index is -0.349. The number of furan rings is 1. The topological polar surface area (TPSA) is 62.1 Å². The van der Waals surface area contributed by atoms with Gasteiger partial charge in [0.2, 0.25) is 5.91 Å². The molecule has 5 nitrogen and oxygen atoms in total. The van der Waals surface area contributed by atoms with Crippen LogP contribution in [0.3, 0.4) is 0 Å². The molecule has 5 rings (SSSR count). The first-order chi connectivity index (χ1) is 14.2. The van der Waals surface area contributed by atoms with Crippen LogP contribution in [0.5, 0.6) is 0 Å². The fourth-order valence-electron chi connectivity index (χ4n) is 4.02. The first kappa shape index (κ1) is 17.7. The Balaban J connectivity index is 1.44. The number of fused-ring (bicyclic) bond motifs is 2. The van der Waals surface area contributed by atoms with Crippen LogP contribution in [0.15, 0.2) is 65.3 Å². The molecule has 2 aromatic carbocycles. The molecular weight excluding hydrogens is 369 g/mol. The average molecular weight is 389 g/mol. The summed E-state index contributed by atoms with van der Waals surface area (Å²) in [5.74, 6) is 0.481. The molecule has 1 aliphatic heterocycles. The number of para-hydroxylation sites is 1. The smallest absolute Gasteiger partial charge is 0.223 e. The molecule has 4 aromatic rings. The number of H-pyrrole nitrogens is 1. The van der Waals surface area contributed by atoms with Gasteiger partial charge in [0, 0.05) is 30.5 Å². The molecule has 0 aliphatic carbocycles. The molecule has 1 amide bonds. The van der Waals surface area contributed by atoms with Gasteiger partial charge in [-0.05, 0) is 36.2 Å². The number of imidazole rings is 1. The Bertz CT molecular complexity index is 1130. The second-order valence-electron chi connectivity index (χ2n) is 7.32. The maximum absolute atomic E-state index is 13.1. The van der Waals surface area contributed by atoms with E-state index in [1.807, 2.05) is 35.2 Å². The van der Waals surface area contributed by atoms with Crippen LogP contribution >= 0.6 is 0 Å². The fourth-order valence-corrected chi connectivity index (χ4v) is 4.02. The normalized spacial score (nSPS) is 16.2. The van der Waals surface area contributed by atoms with Gasteiger partial charge in [0.25, 0.3) is 0 Å². The molecular formula is C23H20FN3O2. The number of hydrogen-bond acceptors (Lipinski definition) is 3. The Morgan fingerprint density at radius 2 is 2.03 bits per heavy atom. The van der Waals surface area contributed by atoms with E-state index in [1.54, 1.807) is 18.5 Å². The Morgan fingerprint density at radius 1 is 1.21 bits per heavy atom. The summed E-state index contributed by atoms with van der Waals surface area (Å²) >= 11 is 0. The summed E-state index contributed by atoms with van der Waals surface area (Å²) in [5.41, 5.74) is 3.62. The number of hydrogen-bond donors (Lipinski definition) is 1. The number of benzene rings is 2. The quantitative estimate of drug-likeness (QED) is 0.563. The van der Waals surface area contributed by atoms with Gasteiger partial charge in [0.15, 0.2) is 0 Å². The van der Waals surface area contributed by atoms with Crippen molar-refractivity contribution in [2.75, 3.05) is 6.54 Å². The molecule has 146 valence electrons. The molecule has 0 saturated heterocycles. The number of halogens is 1. The second-order valence-corrected chi connectivity index (χ2v) is 7.32. The molecule has 1 N–H and O–H groups in total. The number of carbonyl (C=O) groups is 1. The van der Waals surface area contributed by atoms with Gasteiger partial charge >= 0.3 is 0 Å². The van der Waals surface area contributed by atoms with Crippen LogP contribution in [0.4, 0.5) is 4.39 Å². The highest BCUT2D eigenvalue weighted by molar-refractivity contribution is 5.80. The molecule has 6 heteroatoms. The van der Waals surface area contributed by atoms with E-state index in [4.69, 9.17) is 4.42 Å². The lowest BCUT2D eigenvalue weighted by Gasteiger charge is -2.33. The highest BCUT2D eigenvalue weighted by atomic mass is 19.1. The van der Waals surface area contributed by atoms with E-state index in [0.717, 1.165) is 40.1 Å². The largest absolute Gasteiger partial charge is 0.458 e. The number of aryl methyl sites for hydroxylation is 1. The van der Waals surface area contributed by atoms with Gasteiger partial charge in [-0.15, -0.1) is 0 Å². The Hall–Kier alpha value is -3.41. The van der Waals surface area contributed by atoms with E-state index in [1.165, 1.54) is 12.1 Å². The number of carbonyl (C=O) groups excluding carboxylic acids is 1. The van der Waals surface area contributed by atoms with Crippen LogP contribution in [0, 0.1) is 5.82 Å². The number of nitrogens with zero attached hydrogens (tertiary/aromatic N) is 2. The molecule has 0 bridgehead atoms. The summed E-state index contributed by atoms with van der Waals surface area (Å²) in [6.07, 6.45) is 3.32. The predicted octanol–water partition coefficient (Wildman–Crippen LogP) is 4.40. The van der Waals surface area contributed by atoms with Gasteiger partial charge in [-0.1, -0.05) is 30.3 Å². The third kappa shape index (κ3) is 3.31. The minimum absolute atomic E-state index is 0.0356. The number of amides is 1. The zero-order valence-corrected chi connectivity index (χ0v) is 15.8. The third-order valence-electron chi connectivity index (χ3n) is 5.50. The molecule has 0 unspecified atom stereocenters. The molecule has 0 spiro atoms. The lowest BCUT2D eigenvalue weighted by molar-refractivity contribution is -0.133. The van der Waals surface area contributed by atoms with Crippen molar-refractivity contribution in [3.8, 4) is 0 Å². The van der Waals surface area contributed by atoms with Gasteiger partial charge < -0.3 is 14.3 Å². The first-order valence-corrected chi connectivity index (χ1v) is 9.73. The standard InChI is InChI=1S/C23H20FN3O2/c24-17-8-5-15(6-9-17)7-10-21(28)27-12-11-18-22(26-14-25-18)23(27)20-13-16-3-1-2-4-19(16)29-20/h1-6,8-9,13-14,23H,7,10-12H2,(H,25,26)/t23-/m1/s1. The van der Waals surface area contributed by atoms with Crippen molar-refractivity contribution < 1.29 is 13.6 Å². The number of nitrogens with one attached hydrogen (secondary N) is 1. The van der Waals surface area contributed by atoms with Gasteiger partial charge in [-0.3, -0.25) is 4.79 Å². The van der Waals surface area contributed by atoms with Crippen molar-refractivity contribution in [2.45, 2.75) is 25.3 Å². The summed E-state index contributed by atoms with van der Waals surface area (Å²) < 4.78 is 19.2. The SMILES string of the molecule is O=C(CCc1ccc(F)cc1)N1CCc2[nH]cnc2[C@H]1c1cc2ccccc2o1. The average Bonchev–Trinajstić information content (AvgIpc) is 3.39. The first-order valence-electron chi connectivity index (χ1n) is 9.73. The molecule has 1 aliphatic rings. The Kier molecular flexibility index (Phi) is 4.39. The zero-order valence-electron chi connectivity index (χ0n) is 15.8. The zero-order chi connectivity index (χ0) is 19.8. The second kappa shape index (κ2) is 7.20. The van der Waals surface area contributed by atoms with Gasteiger partial charge in [0.1, 0.15) is 23.2 Å². The monoisotopic (exact) mass is 389 g/mol. The van der Waals surface area contributed by atoms with Crippen molar-refractivity contribution >= 4 is 16.9 Å². The Morgan fingerprint density at radius 3 is 2.86 bits per heavy atom. The van der Waals surface area contributed by atoms with E-state index >= 15 is 0 Å². The number of rotatable bonds is 4. The van der Waals surface area contributed by atoms with Gasteiger partial charge in [-0.25, -0.2) is 9.37 Å². The highest BCUT2D eigenvalue weighted by Crippen LogP contribution is 2.36. The maximum atomic E-state index is 13.1. The Labute approximate surface area is 167 Å². The van der Waals surface area contributed by atoms with Crippen LogP contribution in [0.2, 0.25) is 0 Å². The summed E-state index contributed by atoms with van der Waals surface area (Å²) in [7, 11) is 0. The molecule has 0 fully saturated rings. The van der Waals surface area contributed by atoms with Crippen molar-refractivity contribution in [3.63, 3.8) is 0 Å². The lowest BCUT2D eigenvalue weighted by Crippen LogP contribution is -2.40. The van der Waals surface area contributed by atoms with Crippen LogP contribution in [-0.4, -0.2) is 27.3 Å². The molecule has 0 saturated carbocycles. The van der Waals surface area contributed by atoms with Crippen LogP contribution in [0.25, 0.3) is 11.0 Å². The van der Waals surface area contributed by atoms with E-state index in [0.29, 0.717) is 19.4 Å². The predicted molar refractivity (Wildman–Crippen MR) is 107 cm³/mol. The van der Waals surface area contributed by atoms with E-state index < -0.39 is 0 Å². The molecule has 1 atom stereocenters. The molecule has 3 heterocycles. The maximum Gasteiger partial charge on any atom is 0.223 e. The summed E-state index contributed by atoms with van der Waals surface area (Å²) in [5, 5.41) is 1.00. The summed E-state index contributed by atoms with van der Waals surface area (Å²) in [4.78, 5) is 22.7. The van der Waals surface area contributed by atoms with Gasteiger partial charge in [-0.2, -0.15) is 0 Å². The van der Waals surface area contributed by atoms with Crippen molar-refractivity contribution in [2.24, 2.45) is 0 Å². The fraction of sp³-hybridized carbons (Fsp3) is 0.217. The highest BCUT2D eigenvalue weighted by Gasteiger charge is 2.36. The third-order valence-corrected chi connectivity index (χ3v) is 5.50. The number of aromatic amines is 1. The summed E-state index contributed by atoms with van der Waals surface area (Å²) in [6.45, 7) is 0.596. The van der Waals surface area contributed by atoms with Crippen molar-refractivity contribution in [1.82, 2.24) is 14.9 Å². The van der Waals surface area contributed by atoms with Crippen LogP contribution < -0.4 is 0 Å². The number of aromatic nitrogens is 2. The van der Waals surface area contributed by atoms with Crippen molar-refractivity contribution in [3.05, 3.63) is 89.5 Å². The summed E-state index contributed by atoms with van der Waals surface area (Å²) in [6, 6.07) is 15.8. The molecule has 0 radical (unpaired) electrons. The van der Waals surface area contributed by atoms with Crippen LogP contribution in [-0.2, 0) is 17.6 Å². The van der Waals surface area contributed by atoms with E-state index in [9.17, 15) is 9.18 Å². The molecule has 29 heavy (non-hydrogen) atoms. The lowest BCUT2D eigenvalue weighted by atomic mass is 9.99. The molecule has 2 aromatic heterocycles.